The maximum atomic E-state index is 6.14. The van der Waals surface area contributed by atoms with Crippen molar-refractivity contribution in [1.29, 1.82) is 0 Å². The van der Waals surface area contributed by atoms with Crippen molar-refractivity contribution in [2.75, 3.05) is 13.7 Å². The number of benzene rings is 1. The molecule has 126 valence electrons. The van der Waals surface area contributed by atoms with Crippen molar-refractivity contribution in [2.24, 2.45) is 0 Å². The smallest absolute Gasteiger partial charge is 0.138 e. The highest BCUT2D eigenvalue weighted by molar-refractivity contribution is 6.32. The molecule has 0 saturated heterocycles. The van der Waals surface area contributed by atoms with Gasteiger partial charge < -0.3 is 14.5 Å². The summed E-state index contributed by atoms with van der Waals surface area (Å²) in [7, 11) is 1.62. The second-order valence-corrected chi connectivity index (χ2v) is 6.11. The Morgan fingerprint density at radius 3 is 2.57 bits per heavy atom. The van der Waals surface area contributed by atoms with Gasteiger partial charge in [0.15, 0.2) is 0 Å². The molecule has 4 nitrogen and oxygen atoms in total. The van der Waals surface area contributed by atoms with Gasteiger partial charge in [-0.05, 0) is 38.8 Å². The Kier molecular flexibility index (Phi) is 6.78. The number of unbranched alkanes of at least 4 members (excludes halogenated alkanes) is 3. The molecule has 0 aliphatic carbocycles. The molecule has 0 bridgehead atoms. The van der Waals surface area contributed by atoms with Gasteiger partial charge in [-0.2, -0.15) is 0 Å². The van der Waals surface area contributed by atoms with Crippen LogP contribution in [-0.4, -0.2) is 23.7 Å². The number of ether oxygens (including phenoxy) is 2. The molecule has 0 spiro atoms. The van der Waals surface area contributed by atoms with Crippen LogP contribution in [0.3, 0.4) is 0 Å². The Labute approximate surface area is 143 Å². The van der Waals surface area contributed by atoms with Crippen LogP contribution in [0.15, 0.2) is 18.2 Å². The Bertz CT molecular complexity index is 606. The minimum atomic E-state index is 0.591. The molecule has 5 heteroatoms. The second-order valence-electron chi connectivity index (χ2n) is 5.70. The molecule has 0 saturated carbocycles. The first-order chi connectivity index (χ1) is 11.1. The molecule has 0 aliphatic rings. The van der Waals surface area contributed by atoms with Crippen LogP contribution < -0.4 is 9.47 Å². The molecule has 1 N–H and O–H groups in total. The van der Waals surface area contributed by atoms with Gasteiger partial charge in [0.1, 0.15) is 17.3 Å². The van der Waals surface area contributed by atoms with Crippen molar-refractivity contribution in [2.45, 2.75) is 46.0 Å². The summed E-state index contributed by atoms with van der Waals surface area (Å²) in [5, 5.41) is 0.591. The summed E-state index contributed by atoms with van der Waals surface area (Å²) in [6.07, 6.45) is 5.51. The summed E-state index contributed by atoms with van der Waals surface area (Å²) >= 11 is 6.14. The SMILES string of the molecule is COc1ccc(OCCCCCCc2nc(C)c(C)[nH]2)c(Cl)c1. The molecule has 0 radical (unpaired) electrons. The number of methoxy groups -OCH3 is 1. The van der Waals surface area contributed by atoms with E-state index in [4.69, 9.17) is 21.1 Å². The van der Waals surface area contributed by atoms with E-state index >= 15 is 0 Å². The molecule has 1 aromatic carbocycles. The fourth-order valence-corrected chi connectivity index (χ4v) is 2.62. The molecule has 2 aromatic rings. The topological polar surface area (TPSA) is 47.1 Å². The van der Waals surface area contributed by atoms with E-state index in [1.54, 1.807) is 13.2 Å². The monoisotopic (exact) mass is 336 g/mol. The van der Waals surface area contributed by atoms with Gasteiger partial charge in [-0.15, -0.1) is 0 Å². The van der Waals surface area contributed by atoms with Gasteiger partial charge in [-0.3, -0.25) is 0 Å². The van der Waals surface area contributed by atoms with E-state index in [9.17, 15) is 0 Å². The van der Waals surface area contributed by atoms with Gasteiger partial charge in [0, 0.05) is 18.2 Å². The molecule has 1 heterocycles. The van der Waals surface area contributed by atoms with Gasteiger partial charge in [0.2, 0.25) is 0 Å². The molecule has 0 fully saturated rings. The van der Waals surface area contributed by atoms with Gasteiger partial charge in [0.25, 0.3) is 0 Å². The maximum absolute atomic E-state index is 6.14. The van der Waals surface area contributed by atoms with Crippen LogP contribution in [0.2, 0.25) is 5.02 Å². The first kappa shape index (κ1) is 17.7. The van der Waals surface area contributed by atoms with Crippen LogP contribution in [0, 0.1) is 13.8 Å². The average Bonchev–Trinajstić information content (AvgIpc) is 2.86. The number of halogens is 1. The third-order valence-corrected chi connectivity index (χ3v) is 4.18. The van der Waals surface area contributed by atoms with Crippen molar-refractivity contribution < 1.29 is 9.47 Å². The zero-order valence-corrected chi connectivity index (χ0v) is 14.9. The Balaban J connectivity index is 1.59. The number of hydrogen-bond donors (Lipinski definition) is 1. The lowest BCUT2D eigenvalue weighted by atomic mass is 10.1. The number of rotatable bonds is 9. The van der Waals surface area contributed by atoms with Crippen molar-refractivity contribution in [3.63, 3.8) is 0 Å². The van der Waals surface area contributed by atoms with E-state index in [-0.39, 0.29) is 0 Å². The second kappa shape index (κ2) is 8.82. The van der Waals surface area contributed by atoms with Crippen LogP contribution in [0.4, 0.5) is 0 Å². The van der Waals surface area contributed by atoms with E-state index in [2.05, 4.69) is 16.9 Å². The first-order valence-electron chi connectivity index (χ1n) is 8.08. The van der Waals surface area contributed by atoms with Crippen LogP contribution in [0.25, 0.3) is 0 Å². The minimum absolute atomic E-state index is 0.591. The minimum Gasteiger partial charge on any atom is -0.497 e. The number of H-pyrrole nitrogens is 1. The van der Waals surface area contributed by atoms with Crippen molar-refractivity contribution >= 4 is 11.6 Å². The van der Waals surface area contributed by atoms with Crippen LogP contribution in [-0.2, 0) is 6.42 Å². The third kappa shape index (κ3) is 5.47. The summed E-state index contributed by atoms with van der Waals surface area (Å²) in [5.74, 6) is 2.56. The Morgan fingerprint density at radius 2 is 1.91 bits per heavy atom. The average molecular weight is 337 g/mol. The molecular formula is C18H25ClN2O2. The van der Waals surface area contributed by atoms with E-state index < -0.39 is 0 Å². The normalized spacial score (nSPS) is 10.8. The van der Waals surface area contributed by atoms with Crippen molar-refractivity contribution in [1.82, 2.24) is 9.97 Å². The fraction of sp³-hybridized carbons (Fsp3) is 0.500. The molecular weight excluding hydrogens is 312 g/mol. The van der Waals surface area contributed by atoms with E-state index in [1.165, 1.54) is 12.1 Å². The summed E-state index contributed by atoms with van der Waals surface area (Å²) in [6, 6.07) is 5.47. The van der Waals surface area contributed by atoms with Gasteiger partial charge in [0.05, 0.1) is 24.4 Å². The largest absolute Gasteiger partial charge is 0.497 e. The Morgan fingerprint density at radius 1 is 1.13 bits per heavy atom. The lowest BCUT2D eigenvalue weighted by Gasteiger charge is -2.09. The molecule has 0 unspecified atom stereocenters. The van der Waals surface area contributed by atoms with Gasteiger partial charge >= 0.3 is 0 Å². The fourth-order valence-electron chi connectivity index (χ4n) is 2.40. The molecule has 0 aliphatic heterocycles. The summed E-state index contributed by atoms with van der Waals surface area (Å²) in [5.41, 5.74) is 2.27. The van der Waals surface area contributed by atoms with E-state index in [1.807, 2.05) is 19.1 Å². The lowest BCUT2D eigenvalue weighted by molar-refractivity contribution is 0.304. The van der Waals surface area contributed by atoms with Crippen molar-refractivity contribution in [3.8, 4) is 11.5 Å². The number of aromatic nitrogens is 2. The highest BCUT2D eigenvalue weighted by atomic mass is 35.5. The van der Waals surface area contributed by atoms with Crippen molar-refractivity contribution in [3.05, 3.63) is 40.4 Å². The van der Waals surface area contributed by atoms with E-state index in [0.29, 0.717) is 17.4 Å². The zero-order chi connectivity index (χ0) is 16.7. The Hall–Kier alpha value is -1.68. The molecule has 2 rings (SSSR count). The quantitative estimate of drug-likeness (QED) is 0.664. The number of aryl methyl sites for hydroxylation is 3. The highest BCUT2D eigenvalue weighted by Gasteiger charge is 2.04. The highest BCUT2D eigenvalue weighted by Crippen LogP contribution is 2.28. The lowest BCUT2D eigenvalue weighted by Crippen LogP contribution is -1.98. The summed E-state index contributed by atoms with van der Waals surface area (Å²) in [6.45, 7) is 4.79. The summed E-state index contributed by atoms with van der Waals surface area (Å²) in [4.78, 5) is 7.83. The molecule has 1 aromatic heterocycles. The summed E-state index contributed by atoms with van der Waals surface area (Å²) < 4.78 is 10.8. The number of nitrogens with one attached hydrogen (secondary N) is 1. The third-order valence-electron chi connectivity index (χ3n) is 3.88. The van der Waals surface area contributed by atoms with Crippen LogP contribution >= 0.6 is 11.6 Å². The predicted molar refractivity (Wildman–Crippen MR) is 93.7 cm³/mol. The number of nitrogens with zero attached hydrogens (tertiary/aromatic N) is 1. The first-order valence-corrected chi connectivity index (χ1v) is 8.46. The standard InChI is InChI=1S/C18H25ClN2O2/c1-13-14(2)21-18(20-13)8-6-4-5-7-11-23-17-10-9-15(22-3)12-16(17)19/h9-10,12H,4-8,11H2,1-3H3,(H,20,21). The van der Waals surface area contributed by atoms with Crippen LogP contribution in [0.5, 0.6) is 11.5 Å². The molecule has 0 atom stereocenters. The maximum Gasteiger partial charge on any atom is 0.138 e. The zero-order valence-electron chi connectivity index (χ0n) is 14.1. The van der Waals surface area contributed by atoms with E-state index in [0.717, 1.165) is 43.0 Å². The van der Waals surface area contributed by atoms with Crippen LogP contribution in [0.1, 0.15) is 42.9 Å². The molecule has 23 heavy (non-hydrogen) atoms. The van der Waals surface area contributed by atoms with Gasteiger partial charge in [-0.1, -0.05) is 24.4 Å². The predicted octanol–water partition coefficient (Wildman–Crippen LogP) is 4.87. The number of hydrogen-bond acceptors (Lipinski definition) is 3. The van der Waals surface area contributed by atoms with Gasteiger partial charge in [-0.25, -0.2) is 4.98 Å². The number of aromatic amines is 1. The number of imidazole rings is 1. The molecule has 0 amide bonds.